The zero-order valence-corrected chi connectivity index (χ0v) is 15.1. The normalized spacial score (nSPS) is 17.6. The van der Waals surface area contributed by atoms with Gasteiger partial charge in [-0.05, 0) is 26.3 Å². The van der Waals surface area contributed by atoms with Crippen LogP contribution >= 0.6 is 11.3 Å². The van der Waals surface area contributed by atoms with E-state index >= 15 is 0 Å². The summed E-state index contributed by atoms with van der Waals surface area (Å²) in [7, 11) is 0. The second-order valence-electron chi connectivity index (χ2n) is 6.18. The van der Waals surface area contributed by atoms with Crippen molar-refractivity contribution in [2.24, 2.45) is 0 Å². The van der Waals surface area contributed by atoms with Gasteiger partial charge in [0.15, 0.2) is 0 Å². The third-order valence-corrected chi connectivity index (χ3v) is 5.07. The van der Waals surface area contributed by atoms with Gasteiger partial charge in [0, 0.05) is 25.3 Å². The summed E-state index contributed by atoms with van der Waals surface area (Å²) in [6, 6.07) is 1.46. The van der Waals surface area contributed by atoms with Crippen molar-refractivity contribution in [2.75, 3.05) is 18.0 Å². The second kappa shape index (κ2) is 7.18. The molecule has 0 bridgehead atoms. The topological polar surface area (TPSA) is 71.0 Å². The lowest BCUT2D eigenvalue weighted by Gasteiger charge is -2.17. The molecule has 0 aromatic carbocycles. The van der Waals surface area contributed by atoms with Crippen molar-refractivity contribution in [3.8, 4) is 10.6 Å². The number of nitrogens with one attached hydrogen (secondary N) is 1. The minimum absolute atomic E-state index is 0.343. The maximum absolute atomic E-state index is 12.3. The average Bonchev–Trinajstić information content (AvgIpc) is 3.12. The summed E-state index contributed by atoms with van der Waals surface area (Å²) >= 11 is 1.55. The molecule has 3 rings (SSSR count). The van der Waals surface area contributed by atoms with E-state index in [0.717, 1.165) is 21.3 Å². The van der Waals surface area contributed by atoms with Crippen molar-refractivity contribution in [1.82, 2.24) is 20.3 Å². The van der Waals surface area contributed by atoms with E-state index < -0.39 is 18.5 Å². The molecule has 1 unspecified atom stereocenters. The van der Waals surface area contributed by atoms with E-state index in [1.54, 1.807) is 17.5 Å². The molecule has 140 valence electrons. The molecular formula is C16H18F3N5OS. The van der Waals surface area contributed by atoms with Crippen molar-refractivity contribution in [3.63, 3.8) is 0 Å². The third kappa shape index (κ3) is 4.48. The van der Waals surface area contributed by atoms with Gasteiger partial charge < -0.3 is 10.2 Å². The van der Waals surface area contributed by atoms with Crippen molar-refractivity contribution in [2.45, 2.75) is 38.9 Å². The first-order valence-electron chi connectivity index (χ1n) is 8.10. The maximum Gasteiger partial charge on any atom is 0.397 e. The Hall–Kier alpha value is -2.23. The van der Waals surface area contributed by atoms with E-state index in [0.29, 0.717) is 25.5 Å². The first-order valence-corrected chi connectivity index (χ1v) is 8.91. The van der Waals surface area contributed by atoms with Crippen LogP contribution in [0.2, 0.25) is 0 Å². The lowest BCUT2D eigenvalue weighted by molar-refractivity contribution is -0.154. The monoisotopic (exact) mass is 385 g/mol. The van der Waals surface area contributed by atoms with Gasteiger partial charge >= 0.3 is 6.18 Å². The number of nitrogens with zero attached hydrogens (tertiary/aromatic N) is 4. The smallest absolute Gasteiger partial charge is 0.351 e. The number of halogens is 3. The Morgan fingerprint density at radius 2 is 2.15 bits per heavy atom. The van der Waals surface area contributed by atoms with Crippen LogP contribution in [0.1, 0.15) is 23.5 Å². The number of amides is 1. The van der Waals surface area contributed by atoms with Crippen LogP contribution < -0.4 is 10.2 Å². The van der Waals surface area contributed by atoms with Gasteiger partial charge in [-0.2, -0.15) is 13.2 Å². The summed E-state index contributed by atoms with van der Waals surface area (Å²) < 4.78 is 36.8. The Labute approximate surface area is 152 Å². The van der Waals surface area contributed by atoms with Gasteiger partial charge in [0.05, 0.1) is 21.3 Å². The number of alkyl halides is 3. The Balaban J connectivity index is 1.67. The van der Waals surface area contributed by atoms with Crippen LogP contribution in [0.15, 0.2) is 12.3 Å². The highest BCUT2D eigenvalue weighted by Gasteiger charge is 2.33. The van der Waals surface area contributed by atoms with Gasteiger partial charge in [-0.1, -0.05) is 0 Å². The summed E-state index contributed by atoms with van der Waals surface area (Å²) in [6.45, 7) is 4.80. The molecule has 6 nitrogen and oxygen atoms in total. The molecule has 1 atom stereocenters. The van der Waals surface area contributed by atoms with Crippen molar-refractivity contribution in [1.29, 1.82) is 0 Å². The molecule has 0 spiro atoms. The lowest BCUT2D eigenvalue weighted by atomic mass is 10.2. The zero-order valence-electron chi connectivity index (χ0n) is 14.3. The number of aromatic nitrogens is 3. The molecule has 1 aliphatic heterocycles. The Bertz CT molecular complexity index is 807. The van der Waals surface area contributed by atoms with Crippen molar-refractivity contribution >= 4 is 23.2 Å². The molecule has 26 heavy (non-hydrogen) atoms. The van der Waals surface area contributed by atoms with Crippen LogP contribution in [0.3, 0.4) is 0 Å². The highest BCUT2D eigenvalue weighted by atomic mass is 32.1. The van der Waals surface area contributed by atoms with Crippen LogP contribution in [-0.4, -0.2) is 46.2 Å². The highest BCUT2D eigenvalue weighted by molar-refractivity contribution is 7.15. The molecule has 1 saturated heterocycles. The van der Waals surface area contributed by atoms with E-state index in [1.165, 1.54) is 0 Å². The predicted octanol–water partition coefficient (Wildman–Crippen LogP) is 2.86. The first kappa shape index (κ1) is 18.6. The number of rotatable bonds is 4. The summed E-state index contributed by atoms with van der Waals surface area (Å²) in [5.41, 5.74) is 1.67. The van der Waals surface area contributed by atoms with Crippen LogP contribution in [0.4, 0.5) is 19.1 Å². The molecule has 0 saturated carbocycles. The van der Waals surface area contributed by atoms with Crippen LogP contribution in [0.25, 0.3) is 10.6 Å². The number of anilines is 1. The summed E-state index contributed by atoms with van der Waals surface area (Å²) in [5, 5.41) is 3.38. The molecule has 1 aliphatic rings. The third-order valence-electron chi connectivity index (χ3n) is 3.98. The zero-order chi connectivity index (χ0) is 18.9. The Morgan fingerprint density at radius 1 is 1.38 bits per heavy atom. The molecule has 1 N–H and O–H groups in total. The van der Waals surface area contributed by atoms with Gasteiger partial charge in [-0.15, -0.1) is 11.3 Å². The van der Waals surface area contributed by atoms with Gasteiger partial charge in [-0.3, -0.25) is 4.79 Å². The van der Waals surface area contributed by atoms with Gasteiger partial charge in [0.2, 0.25) is 11.9 Å². The SMILES string of the molecule is Cc1nc(C)c(-c2ccnc(N3CCC(NC(=O)CC(F)(F)F)C3)n2)s1. The Kier molecular flexibility index (Phi) is 5.12. The summed E-state index contributed by atoms with van der Waals surface area (Å²) in [5.74, 6) is -0.504. The first-order chi connectivity index (χ1) is 12.2. The summed E-state index contributed by atoms with van der Waals surface area (Å²) in [6.07, 6.45) is -3.75. The van der Waals surface area contributed by atoms with E-state index in [1.807, 2.05) is 24.8 Å². The van der Waals surface area contributed by atoms with Crippen LogP contribution in [-0.2, 0) is 4.79 Å². The second-order valence-corrected chi connectivity index (χ2v) is 7.38. The minimum atomic E-state index is -4.50. The van der Waals surface area contributed by atoms with E-state index in [-0.39, 0.29) is 6.04 Å². The Morgan fingerprint density at radius 3 is 2.81 bits per heavy atom. The molecule has 1 amide bonds. The fraction of sp³-hybridized carbons (Fsp3) is 0.500. The van der Waals surface area contributed by atoms with Crippen molar-refractivity contribution in [3.05, 3.63) is 23.0 Å². The average molecular weight is 385 g/mol. The van der Waals surface area contributed by atoms with Crippen molar-refractivity contribution < 1.29 is 18.0 Å². The largest absolute Gasteiger partial charge is 0.397 e. The number of hydrogen-bond acceptors (Lipinski definition) is 6. The molecule has 0 radical (unpaired) electrons. The predicted molar refractivity (Wildman–Crippen MR) is 92.0 cm³/mol. The van der Waals surface area contributed by atoms with Gasteiger partial charge in [-0.25, -0.2) is 15.0 Å². The van der Waals surface area contributed by atoms with Crippen LogP contribution in [0.5, 0.6) is 0 Å². The molecule has 2 aromatic heterocycles. The molecule has 2 aromatic rings. The molecule has 3 heterocycles. The molecule has 1 fully saturated rings. The standard InChI is InChI=1S/C16H18F3N5OS/c1-9-14(26-10(2)21-9)12-3-5-20-15(23-12)24-6-4-11(8-24)22-13(25)7-16(17,18)19/h3,5,11H,4,6-8H2,1-2H3,(H,22,25). The number of hydrogen-bond donors (Lipinski definition) is 1. The number of aryl methyl sites for hydroxylation is 2. The van der Waals surface area contributed by atoms with E-state index in [4.69, 9.17) is 0 Å². The maximum atomic E-state index is 12.3. The number of thiazole rings is 1. The molecule has 10 heteroatoms. The fourth-order valence-corrected chi connectivity index (χ4v) is 3.81. The lowest BCUT2D eigenvalue weighted by Crippen LogP contribution is -2.39. The highest BCUT2D eigenvalue weighted by Crippen LogP contribution is 2.29. The number of carbonyl (C=O) groups excluding carboxylic acids is 1. The quantitative estimate of drug-likeness (QED) is 0.876. The summed E-state index contributed by atoms with van der Waals surface area (Å²) in [4.78, 5) is 27.5. The van der Waals surface area contributed by atoms with Gasteiger partial charge in [0.25, 0.3) is 0 Å². The molecular weight excluding hydrogens is 367 g/mol. The van der Waals surface area contributed by atoms with Crippen LogP contribution in [0, 0.1) is 13.8 Å². The fourth-order valence-electron chi connectivity index (χ4n) is 2.92. The van der Waals surface area contributed by atoms with Gasteiger partial charge in [0.1, 0.15) is 6.42 Å². The minimum Gasteiger partial charge on any atom is -0.351 e. The van der Waals surface area contributed by atoms with E-state index in [2.05, 4.69) is 20.3 Å². The number of carbonyl (C=O) groups is 1. The van der Waals surface area contributed by atoms with E-state index in [9.17, 15) is 18.0 Å². The molecule has 0 aliphatic carbocycles.